The van der Waals surface area contributed by atoms with E-state index in [0.717, 1.165) is 59.6 Å². The molecule has 0 aliphatic heterocycles. The molecule has 2 atom stereocenters. The Morgan fingerprint density at radius 1 is 0.491 bits per heavy atom. The Morgan fingerprint density at radius 3 is 1.22 bits per heavy atom. The maximum Gasteiger partial charge on any atom is 0.306 e. The molecule has 0 spiro atoms. The van der Waals surface area contributed by atoms with Gasteiger partial charge in [0.1, 0.15) is 0 Å². The van der Waals surface area contributed by atoms with Crippen LogP contribution in [0.4, 0.5) is 0 Å². The highest BCUT2D eigenvalue weighted by Gasteiger charge is 2.09. The molecule has 298 valence electrons. The first-order valence-corrected chi connectivity index (χ1v) is 20.9. The minimum Gasteiger partial charge on any atom is -0.465 e. The molecule has 0 saturated carbocycles. The van der Waals surface area contributed by atoms with E-state index in [1.54, 1.807) is 0 Å². The molecule has 0 bridgehead atoms. The topological polar surface area (TPSA) is 104 Å². The van der Waals surface area contributed by atoms with Gasteiger partial charge in [-0.05, 0) is 72.6 Å². The number of carbonyl (C=O) groups excluding carboxylic acids is 2. The Balaban J connectivity index is 0.000000296. The highest BCUT2D eigenvalue weighted by Crippen LogP contribution is 2.19. The van der Waals surface area contributed by atoms with Gasteiger partial charge in [-0.2, -0.15) is 0 Å². The number of benzene rings is 2. The van der Waals surface area contributed by atoms with E-state index in [1.165, 1.54) is 56.1 Å². The maximum absolute atomic E-state index is 11.8. The zero-order valence-corrected chi connectivity index (χ0v) is 34.5. The van der Waals surface area contributed by atoms with Crippen LogP contribution in [0.25, 0.3) is 22.8 Å². The fourth-order valence-electron chi connectivity index (χ4n) is 5.59. The molecule has 2 aromatic heterocycles. The third-order valence-corrected chi connectivity index (χ3v) is 9.91. The normalized spacial score (nSPS) is 12.0. The highest BCUT2D eigenvalue weighted by atomic mass is 16.5. The molecule has 2 heterocycles. The van der Waals surface area contributed by atoms with Gasteiger partial charge >= 0.3 is 11.9 Å². The molecule has 0 N–H and O–H groups in total. The van der Waals surface area contributed by atoms with Crippen molar-refractivity contribution in [3.05, 3.63) is 95.6 Å². The second-order valence-electron chi connectivity index (χ2n) is 14.9. The van der Waals surface area contributed by atoms with Gasteiger partial charge in [0.25, 0.3) is 0 Å². The van der Waals surface area contributed by atoms with Crippen LogP contribution in [0.1, 0.15) is 134 Å². The summed E-state index contributed by atoms with van der Waals surface area (Å²) in [5.74, 6) is 2.09. The van der Waals surface area contributed by atoms with Crippen LogP contribution >= 0.6 is 0 Å². The summed E-state index contributed by atoms with van der Waals surface area (Å²) in [7, 11) is 0. The smallest absolute Gasteiger partial charge is 0.306 e. The molecule has 0 unspecified atom stereocenters. The molecule has 0 amide bonds. The molecule has 0 aliphatic carbocycles. The predicted octanol–water partition coefficient (Wildman–Crippen LogP) is 11.2. The average Bonchev–Trinajstić information content (AvgIpc) is 3.23. The number of unbranched alkanes of at least 4 members (excludes halogenated alkanes) is 5. The van der Waals surface area contributed by atoms with Crippen LogP contribution in [0, 0.1) is 11.8 Å². The van der Waals surface area contributed by atoms with Crippen LogP contribution < -0.4 is 0 Å². The van der Waals surface area contributed by atoms with Gasteiger partial charge in [0.2, 0.25) is 0 Å². The summed E-state index contributed by atoms with van der Waals surface area (Å²) < 4.78 is 10.6. The third kappa shape index (κ3) is 18.2. The zero-order chi connectivity index (χ0) is 39.7. The summed E-state index contributed by atoms with van der Waals surface area (Å²) in [6.07, 6.45) is 22.8. The minimum absolute atomic E-state index is 0.123. The molecule has 0 radical (unpaired) electrons. The Morgan fingerprint density at radius 2 is 0.855 bits per heavy atom. The van der Waals surface area contributed by atoms with Crippen LogP contribution in [0.15, 0.2) is 73.3 Å². The standard InChI is InChI=1S/C24H34N2O2.C23H32N2O2/c1-4-6-7-8-9-21-16-25-24(26-17-21)22-13-10-20(11-14-22)12-15-23(27)28-18-19(3)5-2;1-4-6-7-8-20-15-24-23(25-16-20)21-12-9-19(10-13-21)11-14-22(26)27-17-18(3)5-2/h10-11,13-14,16-17,19H,4-9,12,15,18H2,1-3H3;9-10,12-13,15-16,18H,4-8,11,14,17H2,1-3H3/t19-;18-/m11/s1. The number of aromatic nitrogens is 4. The molecule has 2 aromatic carbocycles. The fraction of sp³-hybridized carbons (Fsp3) is 0.532. The maximum atomic E-state index is 11.8. The largest absolute Gasteiger partial charge is 0.465 e. The monoisotopic (exact) mass is 751 g/mol. The van der Waals surface area contributed by atoms with Gasteiger partial charge in [-0.1, -0.05) is 135 Å². The van der Waals surface area contributed by atoms with E-state index in [1.807, 2.05) is 73.3 Å². The van der Waals surface area contributed by atoms with Crippen LogP contribution in [-0.4, -0.2) is 45.1 Å². The zero-order valence-electron chi connectivity index (χ0n) is 34.5. The van der Waals surface area contributed by atoms with Crippen LogP contribution in [0.3, 0.4) is 0 Å². The summed E-state index contributed by atoms with van der Waals surface area (Å²) in [5.41, 5.74) is 6.64. The van der Waals surface area contributed by atoms with E-state index < -0.39 is 0 Å². The van der Waals surface area contributed by atoms with Crippen molar-refractivity contribution in [2.45, 2.75) is 138 Å². The Labute approximate surface area is 331 Å². The van der Waals surface area contributed by atoms with Gasteiger partial charge in [0.05, 0.1) is 13.2 Å². The number of nitrogens with zero attached hydrogens (tertiary/aromatic N) is 4. The van der Waals surface area contributed by atoms with E-state index in [4.69, 9.17) is 9.47 Å². The van der Waals surface area contributed by atoms with Gasteiger partial charge in [0, 0.05) is 48.8 Å². The predicted molar refractivity (Wildman–Crippen MR) is 223 cm³/mol. The van der Waals surface area contributed by atoms with Crippen LogP contribution in [0.2, 0.25) is 0 Å². The third-order valence-electron chi connectivity index (χ3n) is 9.91. The van der Waals surface area contributed by atoms with Crippen molar-refractivity contribution in [2.75, 3.05) is 13.2 Å². The van der Waals surface area contributed by atoms with Crippen molar-refractivity contribution in [2.24, 2.45) is 11.8 Å². The number of hydrogen-bond acceptors (Lipinski definition) is 8. The first-order chi connectivity index (χ1) is 26.7. The van der Waals surface area contributed by atoms with E-state index in [-0.39, 0.29) is 11.9 Å². The van der Waals surface area contributed by atoms with Crippen molar-refractivity contribution in [1.82, 2.24) is 19.9 Å². The lowest BCUT2D eigenvalue weighted by Crippen LogP contribution is -2.11. The molecule has 4 rings (SSSR count). The van der Waals surface area contributed by atoms with E-state index in [2.05, 4.69) is 61.5 Å². The lowest BCUT2D eigenvalue weighted by molar-refractivity contribution is -0.145. The van der Waals surface area contributed by atoms with Gasteiger partial charge in [-0.3, -0.25) is 9.59 Å². The number of esters is 2. The van der Waals surface area contributed by atoms with Gasteiger partial charge in [-0.25, -0.2) is 19.9 Å². The molecule has 0 aliphatic rings. The first kappa shape index (κ1) is 44.9. The highest BCUT2D eigenvalue weighted by molar-refractivity contribution is 5.70. The summed E-state index contributed by atoms with van der Waals surface area (Å²) in [5, 5.41) is 0. The van der Waals surface area contributed by atoms with Crippen molar-refractivity contribution in [3.63, 3.8) is 0 Å². The summed E-state index contributed by atoms with van der Waals surface area (Å²) in [4.78, 5) is 41.7. The molecule has 0 saturated heterocycles. The Bertz CT molecular complexity index is 1620. The molecule has 8 nitrogen and oxygen atoms in total. The quantitative estimate of drug-likeness (QED) is 0.0545. The second kappa shape index (κ2) is 26.4. The number of ether oxygens (including phenoxy) is 2. The SMILES string of the molecule is CCCCCCc1cnc(-c2ccc(CCC(=O)OC[C@H](C)CC)cc2)nc1.CCCCCc1cnc(-c2ccc(CCC(=O)OC[C@H](C)CC)cc2)nc1. The average molecular weight is 751 g/mol. The lowest BCUT2D eigenvalue weighted by atomic mass is 10.1. The molecule has 0 fully saturated rings. The van der Waals surface area contributed by atoms with Gasteiger partial charge in [0.15, 0.2) is 11.6 Å². The number of aryl methyl sites for hydroxylation is 4. The summed E-state index contributed by atoms with van der Waals surface area (Å²) >= 11 is 0. The molecule has 55 heavy (non-hydrogen) atoms. The Kier molecular flexibility index (Phi) is 21.5. The molecule has 4 aromatic rings. The molecular formula is C47H66N4O4. The van der Waals surface area contributed by atoms with Crippen LogP contribution in [0.5, 0.6) is 0 Å². The Hall–Kier alpha value is -4.46. The van der Waals surface area contributed by atoms with E-state index >= 15 is 0 Å². The van der Waals surface area contributed by atoms with Crippen molar-refractivity contribution in [1.29, 1.82) is 0 Å². The van der Waals surface area contributed by atoms with Gasteiger partial charge in [-0.15, -0.1) is 0 Å². The van der Waals surface area contributed by atoms with Crippen LogP contribution in [-0.2, 0) is 44.7 Å². The molecular weight excluding hydrogens is 685 g/mol. The molecule has 8 heteroatoms. The lowest BCUT2D eigenvalue weighted by Gasteiger charge is -2.09. The first-order valence-electron chi connectivity index (χ1n) is 20.9. The summed E-state index contributed by atoms with van der Waals surface area (Å²) in [6.45, 7) is 13.8. The summed E-state index contributed by atoms with van der Waals surface area (Å²) in [6, 6.07) is 16.2. The number of hydrogen-bond donors (Lipinski definition) is 0. The van der Waals surface area contributed by atoms with E-state index in [0.29, 0.717) is 50.7 Å². The number of carbonyl (C=O) groups is 2. The van der Waals surface area contributed by atoms with Crippen molar-refractivity contribution < 1.29 is 19.1 Å². The fourth-order valence-corrected chi connectivity index (χ4v) is 5.59. The minimum atomic E-state index is -0.124. The number of rotatable bonds is 23. The van der Waals surface area contributed by atoms with Gasteiger partial charge < -0.3 is 9.47 Å². The second-order valence-corrected chi connectivity index (χ2v) is 14.9. The van der Waals surface area contributed by atoms with Crippen molar-refractivity contribution >= 4 is 11.9 Å². The van der Waals surface area contributed by atoms with Crippen molar-refractivity contribution in [3.8, 4) is 22.8 Å². The van der Waals surface area contributed by atoms with E-state index in [9.17, 15) is 9.59 Å².